The lowest BCUT2D eigenvalue weighted by Gasteiger charge is -2.20. The highest BCUT2D eigenvalue weighted by molar-refractivity contribution is 5.94. The summed E-state index contributed by atoms with van der Waals surface area (Å²) in [6, 6.07) is 12.2. The van der Waals surface area contributed by atoms with E-state index in [0.717, 1.165) is 5.56 Å². The van der Waals surface area contributed by atoms with Crippen molar-refractivity contribution in [1.29, 1.82) is 0 Å². The van der Waals surface area contributed by atoms with Gasteiger partial charge in [-0.15, -0.1) is 0 Å². The number of rotatable bonds is 9. The first kappa shape index (κ1) is 20.1. The first-order valence-corrected chi connectivity index (χ1v) is 8.45. The molecule has 0 saturated carbocycles. The Hall–Kier alpha value is -3.22. The number of nitrogens with zero attached hydrogens (tertiary/aromatic N) is 1. The highest BCUT2D eigenvalue weighted by atomic mass is 16.5. The van der Waals surface area contributed by atoms with Crippen LogP contribution in [0.25, 0.3) is 0 Å². The van der Waals surface area contributed by atoms with E-state index in [9.17, 15) is 9.59 Å². The van der Waals surface area contributed by atoms with Gasteiger partial charge >= 0.3 is 5.97 Å². The second-order valence-corrected chi connectivity index (χ2v) is 5.75. The number of carbonyl (C=O) groups is 2. The Morgan fingerprint density at radius 1 is 1.04 bits per heavy atom. The van der Waals surface area contributed by atoms with E-state index in [-0.39, 0.29) is 11.7 Å². The number of ether oxygens (including phenoxy) is 3. The molecule has 2 aromatic carbocycles. The number of amides is 1. The van der Waals surface area contributed by atoms with Crippen LogP contribution in [0.5, 0.6) is 17.2 Å². The fraction of sp³-hybridized carbons (Fsp3) is 0.300. The Morgan fingerprint density at radius 2 is 1.78 bits per heavy atom. The van der Waals surface area contributed by atoms with Crippen molar-refractivity contribution in [1.82, 2.24) is 4.90 Å². The number of benzene rings is 2. The predicted molar refractivity (Wildman–Crippen MR) is 99.5 cm³/mol. The van der Waals surface area contributed by atoms with Crippen molar-refractivity contribution in [3.05, 3.63) is 53.6 Å². The SMILES string of the molecule is CCOc1cc(C(=O)N(C)Cc2ccccc2OC)ccc1OCC(=O)O. The van der Waals surface area contributed by atoms with Crippen LogP contribution in [-0.2, 0) is 11.3 Å². The van der Waals surface area contributed by atoms with Gasteiger partial charge in [-0.25, -0.2) is 4.79 Å². The van der Waals surface area contributed by atoms with Crippen LogP contribution in [-0.4, -0.2) is 49.3 Å². The van der Waals surface area contributed by atoms with Gasteiger partial charge in [-0.1, -0.05) is 18.2 Å². The predicted octanol–water partition coefficient (Wildman–Crippen LogP) is 2.83. The summed E-state index contributed by atoms with van der Waals surface area (Å²) in [5, 5.41) is 8.76. The molecule has 2 aromatic rings. The first-order chi connectivity index (χ1) is 13.0. The van der Waals surface area contributed by atoms with Crippen molar-refractivity contribution in [2.24, 2.45) is 0 Å². The summed E-state index contributed by atoms with van der Waals surface area (Å²) in [5.74, 6) is 0.0313. The van der Waals surface area contributed by atoms with Gasteiger partial charge in [-0.2, -0.15) is 0 Å². The molecule has 0 aliphatic rings. The molecule has 7 heteroatoms. The van der Waals surface area contributed by atoms with Gasteiger partial charge in [0.25, 0.3) is 5.91 Å². The molecule has 0 saturated heterocycles. The van der Waals surface area contributed by atoms with Gasteiger partial charge in [-0.3, -0.25) is 4.79 Å². The van der Waals surface area contributed by atoms with Crippen LogP contribution in [0.1, 0.15) is 22.8 Å². The molecular formula is C20H23NO6. The number of hydrogen-bond acceptors (Lipinski definition) is 5. The average molecular weight is 373 g/mol. The molecular weight excluding hydrogens is 350 g/mol. The van der Waals surface area contributed by atoms with Crippen LogP contribution < -0.4 is 14.2 Å². The Bertz CT molecular complexity index is 805. The molecule has 0 atom stereocenters. The number of methoxy groups -OCH3 is 1. The zero-order valence-corrected chi connectivity index (χ0v) is 15.6. The highest BCUT2D eigenvalue weighted by Gasteiger charge is 2.17. The normalized spacial score (nSPS) is 10.2. The van der Waals surface area contributed by atoms with Crippen molar-refractivity contribution in [3.8, 4) is 17.2 Å². The standard InChI is InChI=1S/C20H23NO6/c1-4-26-18-11-14(9-10-17(18)27-13-19(22)23)20(24)21(2)12-15-7-5-6-8-16(15)25-3/h5-11H,4,12-13H2,1-3H3,(H,22,23). The third kappa shape index (κ3) is 5.37. The largest absolute Gasteiger partial charge is 0.496 e. The zero-order chi connectivity index (χ0) is 19.8. The first-order valence-electron chi connectivity index (χ1n) is 8.45. The van der Waals surface area contributed by atoms with E-state index in [2.05, 4.69) is 0 Å². The number of carbonyl (C=O) groups excluding carboxylic acids is 1. The Morgan fingerprint density at radius 3 is 2.44 bits per heavy atom. The van der Waals surface area contributed by atoms with Crippen molar-refractivity contribution in [2.45, 2.75) is 13.5 Å². The number of carboxylic acids is 1. The quantitative estimate of drug-likeness (QED) is 0.727. The van der Waals surface area contributed by atoms with Gasteiger partial charge in [0.15, 0.2) is 18.1 Å². The van der Waals surface area contributed by atoms with Crippen molar-refractivity contribution in [2.75, 3.05) is 27.4 Å². The number of hydrogen-bond donors (Lipinski definition) is 1. The Balaban J connectivity index is 2.19. The fourth-order valence-corrected chi connectivity index (χ4v) is 2.55. The van der Waals surface area contributed by atoms with E-state index in [4.69, 9.17) is 19.3 Å². The maximum Gasteiger partial charge on any atom is 0.341 e. The molecule has 0 heterocycles. The summed E-state index contributed by atoms with van der Waals surface area (Å²) < 4.78 is 16.0. The monoisotopic (exact) mass is 373 g/mol. The highest BCUT2D eigenvalue weighted by Crippen LogP contribution is 2.29. The molecule has 7 nitrogen and oxygen atoms in total. The number of carboxylic acid groups (broad SMARTS) is 1. The molecule has 0 radical (unpaired) electrons. The van der Waals surface area contributed by atoms with Crippen molar-refractivity contribution >= 4 is 11.9 Å². The van der Waals surface area contributed by atoms with Gasteiger partial charge in [0.05, 0.1) is 13.7 Å². The molecule has 0 spiro atoms. The summed E-state index contributed by atoms with van der Waals surface area (Å²) >= 11 is 0. The second kappa shape index (κ2) is 9.47. The van der Waals surface area contributed by atoms with Crippen LogP contribution in [0.4, 0.5) is 0 Å². The molecule has 0 bridgehead atoms. The number of para-hydroxylation sites is 1. The topological polar surface area (TPSA) is 85.3 Å². The number of aliphatic carboxylic acids is 1. The van der Waals surface area contributed by atoms with Gasteiger partial charge in [0.1, 0.15) is 5.75 Å². The summed E-state index contributed by atoms with van der Waals surface area (Å²) in [5.41, 5.74) is 1.31. The average Bonchev–Trinajstić information content (AvgIpc) is 2.66. The van der Waals surface area contributed by atoms with Gasteiger partial charge in [0, 0.05) is 24.7 Å². The minimum atomic E-state index is -1.09. The second-order valence-electron chi connectivity index (χ2n) is 5.75. The van der Waals surface area contributed by atoms with E-state index >= 15 is 0 Å². The van der Waals surface area contributed by atoms with Gasteiger partial charge in [0.2, 0.25) is 0 Å². The van der Waals surface area contributed by atoms with Crippen molar-refractivity contribution in [3.63, 3.8) is 0 Å². The van der Waals surface area contributed by atoms with E-state index in [1.807, 2.05) is 24.3 Å². The third-order valence-corrected chi connectivity index (χ3v) is 3.79. The minimum absolute atomic E-state index is 0.202. The molecule has 1 N–H and O–H groups in total. The fourth-order valence-electron chi connectivity index (χ4n) is 2.55. The molecule has 0 unspecified atom stereocenters. The zero-order valence-electron chi connectivity index (χ0n) is 15.6. The lowest BCUT2D eigenvalue weighted by atomic mass is 10.1. The van der Waals surface area contributed by atoms with Gasteiger partial charge in [-0.05, 0) is 31.2 Å². The molecule has 144 valence electrons. The molecule has 0 fully saturated rings. The van der Waals surface area contributed by atoms with E-state index in [1.54, 1.807) is 38.1 Å². The van der Waals surface area contributed by atoms with Crippen LogP contribution in [0, 0.1) is 0 Å². The lowest BCUT2D eigenvalue weighted by molar-refractivity contribution is -0.139. The summed E-state index contributed by atoms with van der Waals surface area (Å²) in [4.78, 5) is 25.0. The summed E-state index contributed by atoms with van der Waals surface area (Å²) in [6.07, 6.45) is 0. The maximum absolute atomic E-state index is 12.8. The molecule has 2 rings (SSSR count). The third-order valence-electron chi connectivity index (χ3n) is 3.79. The van der Waals surface area contributed by atoms with E-state index < -0.39 is 12.6 Å². The molecule has 0 aliphatic heterocycles. The van der Waals surface area contributed by atoms with Crippen LogP contribution >= 0.6 is 0 Å². The molecule has 0 aliphatic carbocycles. The van der Waals surface area contributed by atoms with Crippen LogP contribution in [0.2, 0.25) is 0 Å². The van der Waals surface area contributed by atoms with E-state index in [0.29, 0.717) is 30.2 Å². The summed E-state index contributed by atoms with van der Waals surface area (Å²) in [7, 11) is 3.29. The maximum atomic E-state index is 12.8. The molecule has 0 aromatic heterocycles. The summed E-state index contributed by atoms with van der Waals surface area (Å²) in [6.45, 7) is 2.05. The van der Waals surface area contributed by atoms with Gasteiger partial charge < -0.3 is 24.2 Å². The Labute approximate surface area is 158 Å². The Kier molecular flexibility index (Phi) is 7.05. The van der Waals surface area contributed by atoms with Crippen LogP contribution in [0.3, 0.4) is 0 Å². The van der Waals surface area contributed by atoms with E-state index in [1.165, 1.54) is 6.07 Å². The van der Waals surface area contributed by atoms with Crippen molar-refractivity contribution < 1.29 is 28.9 Å². The molecule has 1 amide bonds. The minimum Gasteiger partial charge on any atom is -0.496 e. The molecule has 27 heavy (non-hydrogen) atoms. The smallest absolute Gasteiger partial charge is 0.341 e. The lowest BCUT2D eigenvalue weighted by Crippen LogP contribution is -2.26. The van der Waals surface area contributed by atoms with Crippen LogP contribution in [0.15, 0.2) is 42.5 Å².